The molecule has 0 radical (unpaired) electrons. The van der Waals surface area contributed by atoms with Crippen LogP contribution in [0.3, 0.4) is 0 Å². The average Bonchev–Trinajstić information content (AvgIpc) is 3.57. The second kappa shape index (κ2) is 13.1. The molecule has 0 spiro atoms. The number of hydrogen-bond donors (Lipinski definition) is 2. The lowest BCUT2D eigenvalue weighted by molar-refractivity contribution is -0.250. The van der Waals surface area contributed by atoms with Crippen LogP contribution in [0, 0.1) is 73.9 Å². The molecule has 0 aromatic carbocycles. The van der Waals surface area contributed by atoms with Crippen molar-refractivity contribution in [3.63, 3.8) is 0 Å². The van der Waals surface area contributed by atoms with Crippen LogP contribution in [-0.2, 0) is 19.1 Å². The molecular formula is C46H73NO5. The number of hydrogen-bond acceptors (Lipinski definition) is 4. The Kier molecular flexibility index (Phi) is 9.70. The van der Waals surface area contributed by atoms with Crippen molar-refractivity contribution in [1.82, 2.24) is 5.32 Å². The van der Waals surface area contributed by atoms with Gasteiger partial charge in [-0.3, -0.25) is 14.4 Å². The van der Waals surface area contributed by atoms with E-state index in [0.717, 1.165) is 31.1 Å². The molecule has 7 rings (SSSR count). The molecule has 12 atom stereocenters. The van der Waals surface area contributed by atoms with Gasteiger partial charge in [0.2, 0.25) is 5.91 Å². The van der Waals surface area contributed by atoms with Crippen molar-refractivity contribution in [3.05, 3.63) is 12.2 Å². The fourth-order valence-corrected chi connectivity index (χ4v) is 16.1. The fraction of sp³-hybridized carbons (Fsp3) is 0.891. The molecule has 52 heavy (non-hydrogen) atoms. The fourth-order valence-electron chi connectivity index (χ4n) is 16.1. The van der Waals surface area contributed by atoms with Crippen molar-refractivity contribution in [2.75, 3.05) is 0 Å². The van der Waals surface area contributed by atoms with Crippen LogP contribution in [0.4, 0.5) is 0 Å². The van der Waals surface area contributed by atoms with Gasteiger partial charge in [-0.15, -0.1) is 0 Å². The van der Waals surface area contributed by atoms with E-state index in [1.807, 2.05) is 13.8 Å². The second-order valence-corrected chi connectivity index (χ2v) is 22.3. The van der Waals surface area contributed by atoms with Gasteiger partial charge < -0.3 is 15.2 Å². The number of aliphatic carboxylic acids is 1. The minimum atomic E-state index is -0.876. The lowest BCUT2D eigenvalue weighted by Crippen LogP contribution is -2.67. The Hall–Kier alpha value is -1.85. The molecule has 1 amide bonds. The highest BCUT2D eigenvalue weighted by Gasteiger charge is 2.71. The van der Waals surface area contributed by atoms with E-state index in [0.29, 0.717) is 48.0 Å². The number of amides is 1. The van der Waals surface area contributed by atoms with Crippen molar-refractivity contribution in [1.29, 1.82) is 0 Å². The molecule has 0 heterocycles. The summed E-state index contributed by atoms with van der Waals surface area (Å²) in [5, 5.41) is 13.0. The third kappa shape index (κ3) is 6.22. The summed E-state index contributed by atoms with van der Waals surface area (Å²) in [5.41, 5.74) is 1.27. The van der Waals surface area contributed by atoms with Crippen LogP contribution < -0.4 is 5.32 Å². The van der Waals surface area contributed by atoms with Crippen LogP contribution in [0.15, 0.2) is 12.2 Å². The third-order valence-electron chi connectivity index (χ3n) is 18.5. The lowest BCUT2D eigenvalue weighted by Gasteiger charge is -2.73. The molecule has 6 nitrogen and oxygen atoms in total. The molecule has 7 saturated carbocycles. The van der Waals surface area contributed by atoms with Crippen LogP contribution >= 0.6 is 0 Å². The van der Waals surface area contributed by atoms with E-state index in [4.69, 9.17) is 4.74 Å². The van der Waals surface area contributed by atoms with E-state index in [-0.39, 0.29) is 52.0 Å². The summed E-state index contributed by atoms with van der Waals surface area (Å²) in [6.45, 7) is 23.2. The van der Waals surface area contributed by atoms with Gasteiger partial charge in [-0.25, -0.2) is 0 Å². The first-order valence-electron chi connectivity index (χ1n) is 21.6. The minimum absolute atomic E-state index is 0.0413. The molecule has 3 unspecified atom stereocenters. The SMILES string of the molecule is C=C(C)[C@@H]1CC[C@]2(CC(=O)NC3CC4CCC(C4)C3)CC[C@]3(C)[C@H](CC[C@@H]4[C@@]5(C)CCC(OC(=O)CC(C)(C)CC(=O)O)C(C)(C)[C@@H]5CC[C@]43C)[C@@H]12. The normalized spacial score (nSPS) is 46.2. The molecule has 2 N–H and O–H groups in total. The summed E-state index contributed by atoms with van der Waals surface area (Å²) >= 11 is 0. The van der Waals surface area contributed by atoms with Gasteiger partial charge >= 0.3 is 11.9 Å². The first kappa shape index (κ1) is 38.4. The number of esters is 1. The molecule has 0 saturated heterocycles. The van der Waals surface area contributed by atoms with Crippen LogP contribution in [0.5, 0.6) is 0 Å². The summed E-state index contributed by atoms with van der Waals surface area (Å²) in [6.07, 6.45) is 18.7. The summed E-state index contributed by atoms with van der Waals surface area (Å²) in [6, 6.07) is 0.387. The Morgan fingerprint density at radius 3 is 2.13 bits per heavy atom. The van der Waals surface area contributed by atoms with Crippen molar-refractivity contribution in [2.24, 2.45) is 73.9 Å². The summed E-state index contributed by atoms with van der Waals surface area (Å²) < 4.78 is 6.30. The zero-order valence-corrected chi connectivity index (χ0v) is 34.2. The summed E-state index contributed by atoms with van der Waals surface area (Å²) in [7, 11) is 0. The Morgan fingerprint density at radius 1 is 0.788 bits per heavy atom. The van der Waals surface area contributed by atoms with Gasteiger partial charge in [-0.2, -0.15) is 0 Å². The highest BCUT2D eigenvalue weighted by atomic mass is 16.5. The summed E-state index contributed by atoms with van der Waals surface area (Å²) in [5.74, 6) is 3.61. The first-order chi connectivity index (χ1) is 24.2. The van der Waals surface area contributed by atoms with E-state index in [1.54, 1.807) is 0 Å². The van der Waals surface area contributed by atoms with E-state index in [1.165, 1.54) is 82.6 Å². The molecule has 0 aromatic heterocycles. The Morgan fingerprint density at radius 2 is 1.48 bits per heavy atom. The van der Waals surface area contributed by atoms with Gasteiger partial charge in [0.25, 0.3) is 0 Å². The van der Waals surface area contributed by atoms with Gasteiger partial charge in [0, 0.05) is 17.9 Å². The maximum absolute atomic E-state index is 14.0. The number of fused-ring (bicyclic) bond motifs is 9. The molecule has 0 aromatic rings. The summed E-state index contributed by atoms with van der Waals surface area (Å²) in [4.78, 5) is 38.7. The van der Waals surface area contributed by atoms with Gasteiger partial charge in [-0.05, 0) is 159 Å². The molecular weight excluding hydrogens is 647 g/mol. The zero-order valence-electron chi connectivity index (χ0n) is 34.2. The average molecular weight is 720 g/mol. The maximum Gasteiger partial charge on any atom is 0.306 e. The van der Waals surface area contributed by atoms with Crippen molar-refractivity contribution >= 4 is 17.8 Å². The number of carbonyl (C=O) groups excluding carboxylic acids is 2. The smallest absolute Gasteiger partial charge is 0.306 e. The lowest BCUT2D eigenvalue weighted by atomic mass is 9.32. The highest BCUT2D eigenvalue weighted by Crippen LogP contribution is 2.78. The largest absolute Gasteiger partial charge is 0.481 e. The van der Waals surface area contributed by atoms with Crippen molar-refractivity contribution < 1.29 is 24.2 Å². The number of allylic oxidation sites excluding steroid dienone is 1. The number of carboxylic acid groups (broad SMARTS) is 1. The molecule has 2 bridgehead atoms. The number of carbonyl (C=O) groups is 3. The van der Waals surface area contributed by atoms with Gasteiger partial charge in [0.15, 0.2) is 0 Å². The molecule has 7 aliphatic rings. The second-order valence-electron chi connectivity index (χ2n) is 22.3. The van der Waals surface area contributed by atoms with Crippen molar-refractivity contribution in [2.45, 2.75) is 183 Å². The quantitative estimate of drug-likeness (QED) is 0.183. The van der Waals surface area contributed by atoms with Crippen LogP contribution in [-0.4, -0.2) is 35.1 Å². The van der Waals surface area contributed by atoms with Gasteiger partial charge in [-0.1, -0.05) is 73.5 Å². The number of carboxylic acids is 1. The predicted molar refractivity (Wildman–Crippen MR) is 206 cm³/mol. The van der Waals surface area contributed by atoms with Crippen LogP contribution in [0.2, 0.25) is 0 Å². The first-order valence-corrected chi connectivity index (χ1v) is 21.6. The molecule has 7 aliphatic carbocycles. The van der Waals surface area contributed by atoms with E-state index in [2.05, 4.69) is 53.4 Å². The molecule has 6 heteroatoms. The number of nitrogens with one attached hydrogen (secondary N) is 1. The predicted octanol–water partition coefficient (Wildman–Crippen LogP) is 10.5. The van der Waals surface area contributed by atoms with E-state index in [9.17, 15) is 19.5 Å². The Labute approximate surface area is 315 Å². The Balaban J connectivity index is 1.09. The van der Waals surface area contributed by atoms with Crippen LogP contribution in [0.25, 0.3) is 0 Å². The molecule has 0 aliphatic heterocycles. The topological polar surface area (TPSA) is 92.7 Å². The number of rotatable bonds is 9. The van der Waals surface area contributed by atoms with E-state index >= 15 is 0 Å². The maximum atomic E-state index is 14.0. The molecule has 292 valence electrons. The zero-order chi connectivity index (χ0) is 37.6. The Bertz CT molecular complexity index is 1440. The standard InChI is InChI=1S/C46H73NO5/c1-28(2)32-14-19-46(25-37(48)47-31-23-29-10-11-30(22-29)24-31)21-20-44(8)33(40(32)46)12-13-35-43(7)17-16-36(42(5,6)34(43)15-18-45(35,44)9)52-39(51)27-41(3,4)26-38(49)50/h29-36,40H,1,10-27H2,2-9H3,(H,47,48)(H,49,50)/t29?,30?,31?,32-,33+,34-,35+,36?,40+,43-,44+,45+,46+/m0/s1. The third-order valence-corrected chi connectivity index (χ3v) is 18.5. The monoisotopic (exact) mass is 720 g/mol. The minimum Gasteiger partial charge on any atom is -0.481 e. The van der Waals surface area contributed by atoms with Gasteiger partial charge in [0.1, 0.15) is 6.10 Å². The van der Waals surface area contributed by atoms with Crippen LogP contribution in [0.1, 0.15) is 171 Å². The number of ether oxygens (including phenoxy) is 1. The van der Waals surface area contributed by atoms with E-state index < -0.39 is 11.4 Å². The molecule has 7 fully saturated rings. The van der Waals surface area contributed by atoms with Gasteiger partial charge in [0.05, 0.1) is 12.8 Å². The van der Waals surface area contributed by atoms with Crippen molar-refractivity contribution in [3.8, 4) is 0 Å². The highest BCUT2D eigenvalue weighted by molar-refractivity contribution is 5.77.